The van der Waals surface area contributed by atoms with Crippen molar-refractivity contribution >= 4 is 60.4 Å². The van der Waals surface area contributed by atoms with Gasteiger partial charge in [-0.1, -0.05) is 152 Å². The Bertz CT molecular complexity index is 2920. The Morgan fingerprint density at radius 2 is 0.885 bits per heavy atom. The fourth-order valence-corrected chi connectivity index (χ4v) is 7.97. The summed E-state index contributed by atoms with van der Waals surface area (Å²) >= 11 is 0. The molecule has 10 aromatic rings. The summed E-state index contributed by atoms with van der Waals surface area (Å²) in [6.45, 7) is 0. The summed E-state index contributed by atoms with van der Waals surface area (Å²) in [5.41, 5.74) is 11.6. The van der Waals surface area contributed by atoms with Gasteiger partial charge in [0.1, 0.15) is 0 Å². The van der Waals surface area contributed by atoms with Crippen LogP contribution < -0.4 is 4.90 Å². The molecule has 0 aliphatic carbocycles. The van der Waals surface area contributed by atoms with Crippen LogP contribution in [0.1, 0.15) is 0 Å². The molecule has 0 aliphatic heterocycles. The first-order chi connectivity index (χ1) is 25.8. The lowest BCUT2D eigenvalue weighted by atomic mass is 9.98. The van der Waals surface area contributed by atoms with Gasteiger partial charge in [0.25, 0.3) is 0 Å². The van der Waals surface area contributed by atoms with Gasteiger partial charge in [-0.15, -0.1) is 0 Å². The summed E-state index contributed by atoms with van der Waals surface area (Å²) < 4.78 is 2.46. The topological polar surface area (TPSA) is 8.17 Å². The van der Waals surface area contributed by atoms with Crippen LogP contribution in [-0.2, 0) is 0 Å². The van der Waals surface area contributed by atoms with Crippen LogP contribution in [0, 0.1) is 0 Å². The van der Waals surface area contributed by atoms with Crippen molar-refractivity contribution < 1.29 is 0 Å². The quantitative estimate of drug-likeness (QED) is 0.172. The Morgan fingerprint density at radius 3 is 1.63 bits per heavy atom. The summed E-state index contributed by atoms with van der Waals surface area (Å²) in [5, 5.41) is 7.38. The molecule has 1 aromatic heterocycles. The van der Waals surface area contributed by atoms with E-state index >= 15 is 0 Å². The lowest BCUT2D eigenvalue weighted by Gasteiger charge is -2.29. The van der Waals surface area contributed by atoms with Crippen LogP contribution in [0.4, 0.5) is 17.1 Å². The van der Waals surface area contributed by atoms with Crippen molar-refractivity contribution in [1.29, 1.82) is 0 Å². The number of benzene rings is 9. The number of fused-ring (bicyclic) bond motifs is 5. The molecule has 0 saturated heterocycles. The molecule has 0 fully saturated rings. The van der Waals surface area contributed by atoms with Crippen LogP contribution in [-0.4, -0.2) is 4.57 Å². The van der Waals surface area contributed by atoms with E-state index in [-0.39, 0.29) is 0 Å². The van der Waals surface area contributed by atoms with Gasteiger partial charge in [-0.25, -0.2) is 0 Å². The molecule has 0 spiro atoms. The van der Waals surface area contributed by atoms with Crippen molar-refractivity contribution in [3.63, 3.8) is 0 Å². The Morgan fingerprint density at radius 1 is 0.346 bits per heavy atom. The number of anilines is 3. The Labute approximate surface area is 303 Å². The van der Waals surface area contributed by atoms with E-state index < -0.39 is 0 Å². The Balaban J connectivity index is 1.24. The summed E-state index contributed by atoms with van der Waals surface area (Å²) in [7, 11) is 0. The van der Waals surface area contributed by atoms with Crippen LogP contribution in [0.5, 0.6) is 0 Å². The maximum Gasteiger partial charge on any atom is 0.0562 e. The molecule has 0 N–H and O–H groups in total. The van der Waals surface area contributed by atoms with E-state index in [1.807, 2.05) is 0 Å². The SMILES string of the molecule is c1ccc(N(c2ccccc2-c2ccc3ccccc3c2)c2cccc3c2c2ccccc2n3-c2ccccc2-c2ccc3ccccc3c2)cc1. The molecule has 0 radical (unpaired) electrons. The number of rotatable bonds is 6. The standard InChI is InChI=1S/C50H34N2/c1-2-19-41(20-3-1)51(45-24-11-8-21-42(45)39-31-29-35-15-4-6-17-37(35)33-39)48-27-14-28-49-50(48)44-23-10-13-26-47(44)52(49)46-25-12-9-22-43(46)40-32-30-36-16-5-7-18-38(36)34-40/h1-34H. The van der Waals surface area contributed by atoms with Crippen molar-refractivity contribution in [3.05, 3.63) is 206 Å². The van der Waals surface area contributed by atoms with Crippen molar-refractivity contribution in [1.82, 2.24) is 4.57 Å². The van der Waals surface area contributed by atoms with Crippen LogP contribution in [0.2, 0.25) is 0 Å². The zero-order valence-corrected chi connectivity index (χ0v) is 28.5. The highest BCUT2D eigenvalue weighted by atomic mass is 15.1. The highest BCUT2D eigenvalue weighted by Gasteiger charge is 2.23. The summed E-state index contributed by atoms with van der Waals surface area (Å²) in [6, 6.07) is 74.8. The lowest BCUT2D eigenvalue weighted by molar-refractivity contribution is 1.18. The average molecular weight is 663 g/mol. The van der Waals surface area contributed by atoms with Crippen molar-refractivity contribution in [2.75, 3.05) is 4.90 Å². The smallest absolute Gasteiger partial charge is 0.0562 e. The second kappa shape index (κ2) is 12.5. The lowest BCUT2D eigenvalue weighted by Crippen LogP contribution is -2.11. The van der Waals surface area contributed by atoms with Gasteiger partial charge >= 0.3 is 0 Å². The molecule has 2 nitrogen and oxygen atoms in total. The molecule has 0 atom stereocenters. The third-order valence-electron chi connectivity index (χ3n) is 10.3. The molecular weight excluding hydrogens is 629 g/mol. The van der Waals surface area contributed by atoms with Gasteiger partial charge in [-0.05, 0) is 87.3 Å². The van der Waals surface area contributed by atoms with Gasteiger partial charge in [-0.3, -0.25) is 0 Å². The number of hydrogen-bond donors (Lipinski definition) is 0. The molecule has 9 aromatic carbocycles. The van der Waals surface area contributed by atoms with Crippen LogP contribution >= 0.6 is 0 Å². The first-order valence-electron chi connectivity index (χ1n) is 17.9. The minimum atomic E-state index is 1.11. The van der Waals surface area contributed by atoms with Gasteiger partial charge in [0.05, 0.1) is 28.1 Å². The molecule has 244 valence electrons. The average Bonchev–Trinajstić information content (AvgIpc) is 3.56. The van der Waals surface area contributed by atoms with Crippen molar-refractivity contribution in [2.24, 2.45) is 0 Å². The van der Waals surface area contributed by atoms with E-state index in [1.54, 1.807) is 0 Å². The molecule has 52 heavy (non-hydrogen) atoms. The van der Waals surface area contributed by atoms with E-state index in [2.05, 4.69) is 216 Å². The van der Waals surface area contributed by atoms with Crippen LogP contribution in [0.25, 0.3) is 71.3 Å². The van der Waals surface area contributed by atoms with E-state index in [0.29, 0.717) is 0 Å². The first-order valence-corrected chi connectivity index (χ1v) is 17.9. The first kappa shape index (κ1) is 30.0. The molecule has 0 amide bonds. The van der Waals surface area contributed by atoms with Crippen molar-refractivity contribution in [2.45, 2.75) is 0 Å². The monoisotopic (exact) mass is 662 g/mol. The minimum Gasteiger partial charge on any atom is -0.309 e. The maximum absolute atomic E-state index is 2.46. The van der Waals surface area contributed by atoms with Gasteiger partial charge in [0, 0.05) is 27.6 Å². The number of para-hydroxylation sites is 4. The summed E-state index contributed by atoms with van der Waals surface area (Å²) in [5.74, 6) is 0. The van der Waals surface area contributed by atoms with E-state index in [9.17, 15) is 0 Å². The van der Waals surface area contributed by atoms with Gasteiger partial charge in [-0.2, -0.15) is 0 Å². The highest BCUT2D eigenvalue weighted by molar-refractivity contribution is 6.17. The van der Waals surface area contributed by atoms with Gasteiger partial charge < -0.3 is 9.47 Å². The summed E-state index contributed by atoms with van der Waals surface area (Å²) in [6.07, 6.45) is 0. The van der Waals surface area contributed by atoms with E-state index in [0.717, 1.165) is 28.3 Å². The zero-order chi connectivity index (χ0) is 34.4. The third-order valence-corrected chi connectivity index (χ3v) is 10.3. The van der Waals surface area contributed by atoms with Crippen LogP contribution in [0.3, 0.4) is 0 Å². The van der Waals surface area contributed by atoms with E-state index in [1.165, 1.54) is 60.1 Å². The molecular formula is C50H34N2. The van der Waals surface area contributed by atoms with E-state index in [4.69, 9.17) is 0 Å². The summed E-state index contributed by atoms with van der Waals surface area (Å²) in [4.78, 5) is 2.44. The predicted octanol–water partition coefficient (Wildman–Crippen LogP) is 13.9. The predicted molar refractivity (Wildman–Crippen MR) is 221 cm³/mol. The molecule has 0 saturated carbocycles. The fraction of sp³-hybridized carbons (Fsp3) is 0. The number of nitrogens with zero attached hydrogens (tertiary/aromatic N) is 2. The molecule has 0 unspecified atom stereocenters. The number of hydrogen-bond acceptors (Lipinski definition) is 1. The van der Waals surface area contributed by atoms with Gasteiger partial charge in [0.2, 0.25) is 0 Å². The fourth-order valence-electron chi connectivity index (χ4n) is 7.97. The zero-order valence-electron chi connectivity index (χ0n) is 28.5. The molecule has 0 aliphatic rings. The third kappa shape index (κ3) is 4.96. The normalized spacial score (nSPS) is 11.5. The second-order valence-electron chi connectivity index (χ2n) is 13.4. The molecule has 10 rings (SSSR count). The second-order valence-corrected chi connectivity index (χ2v) is 13.4. The molecule has 1 heterocycles. The minimum absolute atomic E-state index is 1.11. The Hall–Kier alpha value is -6.90. The Kier molecular flexibility index (Phi) is 7.18. The molecule has 2 heteroatoms. The number of aromatic nitrogens is 1. The highest BCUT2D eigenvalue weighted by Crippen LogP contribution is 2.47. The largest absolute Gasteiger partial charge is 0.309 e. The van der Waals surface area contributed by atoms with Crippen LogP contribution in [0.15, 0.2) is 206 Å². The maximum atomic E-state index is 2.46. The van der Waals surface area contributed by atoms with Gasteiger partial charge in [0.15, 0.2) is 0 Å². The molecule has 0 bridgehead atoms. The van der Waals surface area contributed by atoms with Crippen molar-refractivity contribution in [3.8, 4) is 27.9 Å².